The lowest BCUT2D eigenvalue weighted by atomic mass is 9.86. The van der Waals surface area contributed by atoms with Crippen LogP contribution in [0.2, 0.25) is 5.02 Å². The van der Waals surface area contributed by atoms with Crippen molar-refractivity contribution in [2.75, 3.05) is 6.61 Å². The molecule has 108 valence electrons. The fraction of sp³-hybridized carbons (Fsp3) is 0.786. The minimum Gasteiger partial charge on any atom is -0.374 e. The molecule has 1 fully saturated rings. The molecule has 2 atom stereocenters. The van der Waals surface area contributed by atoms with Crippen molar-refractivity contribution < 1.29 is 4.74 Å². The Hall–Kier alpha value is -0.580. The first-order valence-electron chi connectivity index (χ1n) is 7.07. The zero-order valence-electron chi connectivity index (χ0n) is 12.1. The van der Waals surface area contributed by atoms with Crippen molar-refractivity contribution in [3.05, 3.63) is 16.4 Å². The highest BCUT2D eigenvalue weighted by atomic mass is 35.5. The second kappa shape index (κ2) is 5.81. The molecule has 4 nitrogen and oxygen atoms in total. The molecule has 2 unspecified atom stereocenters. The van der Waals surface area contributed by atoms with Crippen LogP contribution < -0.4 is 5.73 Å². The van der Waals surface area contributed by atoms with Crippen LogP contribution in [0, 0.1) is 0 Å². The molecule has 2 heterocycles. The molecule has 0 aliphatic carbocycles. The number of hydrogen-bond acceptors (Lipinski definition) is 3. The summed E-state index contributed by atoms with van der Waals surface area (Å²) in [5.74, 6) is 0. The first kappa shape index (κ1) is 14.8. The molecule has 0 spiro atoms. The summed E-state index contributed by atoms with van der Waals surface area (Å²) in [5, 5.41) is 5.20. The Labute approximate surface area is 120 Å². The maximum atomic E-state index is 6.38. The number of ether oxygens (including phenoxy) is 1. The van der Waals surface area contributed by atoms with Gasteiger partial charge in [-0.3, -0.25) is 4.68 Å². The molecule has 1 aliphatic heterocycles. The second-order valence-corrected chi connectivity index (χ2v) is 5.99. The Morgan fingerprint density at radius 2 is 2.26 bits per heavy atom. The molecule has 0 saturated carbocycles. The highest BCUT2D eigenvalue weighted by Gasteiger charge is 2.35. The number of aromatic nitrogens is 2. The molecule has 0 bridgehead atoms. The van der Waals surface area contributed by atoms with Gasteiger partial charge in [0.05, 0.1) is 22.0 Å². The number of aryl methyl sites for hydroxylation is 2. The van der Waals surface area contributed by atoms with Crippen molar-refractivity contribution in [3.63, 3.8) is 0 Å². The third kappa shape index (κ3) is 2.96. The van der Waals surface area contributed by atoms with Gasteiger partial charge in [-0.2, -0.15) is 5.10 Å². The topological polar surface area (TPSA) is 53.1 Å². The van der Waals surface area contributed by atoms with E-state index in [1.807, 2.05) is 11.7 Å². The molecular formula is C14H24ClN3O. The van der Waals surface area contributed by atoms with Crippen LogP contribution in [0.4, 0.5) is 0 Å². The van der Waals surface area contributed by atoms with Crippen molar-refractivity contribution in [2.45, 2.75) is 57.6 Å². The van der Waals surface area contributed by atoms with Crippen LogP contribution in [-0.4, -0.2) is 28.0 Å². The van der Waals surface area contributed by atoms with Crippen LogP contribution in [0.5, 0.6) is 0 Å². The van der Waals surface area contributed by atoms with Crippen molar-refractivity contribution in [1.82, 2.24) is 9.78 Å². The van der Waals surface area contributed by atoms with Gasteiger partial charge in [-0.25, -0.2) is 0 Å². The quantitative estimate of drug-likeness (QED) is 0.925. The van der Waals surface area contributed by atoms with Gasteiger partial charge < -0.3 is 10.5 Å². The summed E-state index contributed by atoms with van der Waals surface area (Å²) < 4.78 is 7.77. The zero-order chi connectivity index (χ0) is 14.0. The van der Waals surface area contributed by atoms with E-state index >= 15 is 0 Å². The molecule has 1 saturated heterocycles. The molecule has 2 rings (SSSR count). The molecule has 1 aromatic heterocycles. The highest BCUT2D eigenvalue weighted by Crippen LogP contribution is 2.30. The van der Waals surface area contributed by atoms with Crippen molar-refractivity contribution >= 4 is 11.6 Å². The van der Waals surface area contributed by atoms with Crippen LogP contribution >= 0.6 is 11.6 Å². The highest BCUT2D eigenvalue weighted by molar-refractivity contribution is 6.31. The molecule has 0 amide bonds. The molecule has 1 aromatic rings. The van der Waals surface area contributed by atoms with E-state index in [1.54, 1.807) is 0 Å². The molecule has 0 aromatic carbocycles. The zero-order valence-corrected chi connectivity index (χ0v) is 12.8. The van der Waals surface area contributed by atoms with Gasteiger partial charge in [-0.15, -0.1) is 0 Å². The lowest BCUT2D eigenvalue weighted by molar-refractivity contribution is -0.0810. The van der Waals surface area contributed by atoms with Crippen LogP contribution in [0.3, 0.4) is 0 Å². The Bertz CT molecular complexity index is 438. The third-order valence-corrected chi connectivity index (χ3v) is 4.64. The minimum atomic E-state index is -0.238. The van der Waals surface area contributed by atoms with Crippen LogP contribution in [-0.2, 0) is 24.6 Å². The summed E-state index contributed by atoms with van der Waals surface area (Å²) in [6.45, 7) is 4.98. The smallest absolute Gasteiger partial charge is 0.0850 e. The predicted octanol–water partition coefficient (Wildman–Crippen LogP) is 2.46. The van der Waals surface area contributed by atoms with Crippen molar-refractivity contribution in [1.29, 1.82) is 0 Å². The minimum absolute atomic E-state index is 0.0505. The molecular weight excluding hydrogens is 262 g/mol. The van der Waals surface area contributed by atoms with Crippen molar-refractivity contribution in [2.24, 2.45) is 12.8 Å². The van der Waals surface area contributed by atoms with Gasteiger partial charge in [0.15, 0.2) is 0 Å². The standard InChI is InChI=1S/C14H24ClN3O/c1-4-10-13(15)11(18(3)17-10)9-12(16)14(2)7-5-6-8-19-14/h12H,4-9,16H2,1-3H3. The average Bonchev–Trinajstić information content (AvgIpc) is 2.67. The van der Waals surface area contributed by atoms with E-state index in [-0.39, 0.29) is 11.6 Å². The van der Waals surface area contributed by atoms with Crippen molar-refractivity contribution in [3.8, 4) is 0 Å². The van der Waals surface area contributed by atoms with Gasteiger partial charge in [-0.1, -0.05) is 18.5 Å². The third-order valence-electron chi connectivity index (χ3n) is 4.20. The molecule has 19 heavy (non-hydrogen) atoms. The summed E-state index contributed by atoms with van der Waals surface area (Å²) in [7, 11) is 1.93. The molecule has 5 heteroatoms. The normalized spacial score (nSPS) is 25.5. The lowest BCUT2D eigenvalue weighted by Gasteiger charge is -2.38. The Morgan fingerprint density at radius 3 is 2.79 bits per heavy atom. The SMILES string of the molecule is CCc1nn(C)c(CC(N)C2(C)CCCCO2)c1Cl. The molecule has 1 aliphatic rings. The largest absolute Gasteiger partial charge is 0.374 e. The van der Waals surface area contributed by atoms with Gasteiger partial charge in [0.1, 0.15) is 0 Å². The van der Waals surface area contributed by atoms with E-state index in [0.717, 1.165) is 42.3 Å². The first-order valence-corrected chi connectivity index (χ1v) is 7.45. The summed E-state index contributed by atoms with van der Waals surface area (Å²) in [4.78, 5) is 0. The fourth-order valence-electron chi connectivity index (χ4n) is 2.71. The van der Waals surface area contributed by atoms with Crippen LogP contribution in [0.15, 0.2) is 0 Å². The second-order valence-electron chi connectivity index (χ2n) is 5.61. The number of hydrogen-bond donors (Lipinski definition) is 1. The van der Waals surface area contributed by atoms with Gasteiger partial charge in [0.25, 0.3) is 0 Å². The summed E-state index contributed by atoms with van der Waals surface area (Å²) in [6, 6.07) is -0.0505. The van der Waals surface area contributed by atoms with E-state index in [1.165, 1.54) is 6.42 Å². The van der Waals surface area contributed by atoms with E-state index in [2.05, 4.69) is 18.9 Å². The van der Waals surface area contributed by atoms with Gasteiger partial charge in [0, 0.05) is 26.1 Å². The summed E-state index contributed by atoms with van der Waals surface area (Å²) in [5.41, 5.74) is 8.10. The summed E-state index contributed by atoms with van der Waals surface area (Å²) >= 11 is 6.38. The van der Waals surface area contributed by atoms with E-state index in [4.69, 9.17) is 22.1 Å². The fourth-order valence-corrected chi connectivity index (χ4v) is 3.08. The monoisotopic (exact) mass is 285 g/mol. The predicted molar refractivity (Wildman–Crippen MR) is 77.5 cm³/mol. The Balaban J connectivity index is 2.14. The lowest BCUT2D eigenvalue weighted by Crippen LogP contribution is -2.51. The Kier molecular flexibility index (Phi) is 4.54. The number of halogens is 1. The first-order chi connectivity index (χ1) is 8.98. The van der Waals surface area contributed by atoms with Crippen LogP contribution in [0.1, 0.15) is 44.5 Å². The van der Waals surface area contributed by atoms with Gasteiger partial charge in [-0.05, 0) is 32.6 Å². The van der Waals surface area contributed by atoms with Crippen LogP contribution in [0.25, 0.3) is 0 Å². The number of nitrogens with zero attached hydrogens (tertiary/aromatic N) is 2. The van der Waals surface area contributed by atoms with Gasteiger partial charge >= 0.3 is 0 Å². The number of nitrogens with two attached hydrogens (primary N) is 1. The van der Waals surface area contributed by atoms with E-state index in [0.29, 0.717) is 6.42 Å². The van der Waals surface area contributed by atoms with E-state index in [9.17, 15) is 0 Å². The van der Waals surface area contributed by atoms with E-state index < -0.39 is 0 Å². The average molecular weight is 286 g/mol. The van der Waals surface area contributed by atoms with Gasteiger partial charge in [0.2, 0.25) is 0 Å². The maximum Gasteiger partial charge on any atom is 0.0850 e. The maximum absolute atomic E-state index is 6.38. The Morgan fingerprint density at radius 1 is 1.53 bits per heavy atom. The molecule has 0 radical (unpaired) electrons. The number of rotatable bonds is 4. The summed E-state index contributed by atoms with van der Waals surface area (Å²) in [6.07, 6.45) is 4.89. The molecule has 2 N–H and O–H groups in total.